The molecule has 0 bridgehead atoms. The van der Waals surface area contributed by atoms with Crippen LogP contribution in [0.4, 0.5) is 0 Å². The molecule has 4 rings (SSSR count). The highest BCUT2D eigenvalue weighted by Gasteiger charge is 2.27. The largest absolute Gasteiger partial charge is 0.489 e. The van der Waals surface area contributed by atoms with Crippen molar-refractivity contribution in [1.29, 1.82) is 0 Å². The third kappa shape index (κ3) is 4.17. The molecule has 154 valence electrons. The minimum Gasteiger partial charge on any atom is -0.489 e. The van der Waals surface area contributed by atoms with E-state index in [4.69, 9.17) is 9.47 Å². The molecule has 0 aliphatic carbocycles. The number of ether oxygens (including phenoxy) is 2. The van der Waals surface area contributed by atoms with Crippen molar-refractivity contribution in [3.63, 3.8) is 0 Å². The molecule has 1 saturated heterocycles. The van der Waals surface area contributed by atoms with Gasteiger partial charge in [0.15, 0.2) is 0 Å². The van der Waals surface area contributed by atoms with Gasteiger partial charge in [-0.25, -0.2) is 4.79 Å². The molecule has 1 aromatic heterocycles. The average molecular weight is 406 g/mol. The number of carbonyl (C=O) groups excluding carboxylic acids is 2. The second kappa shape index (κ2) is 8.77. The molecule has 1 fully saturated rings. The third-order valence-corrected chi connectivity index (χ3v) is 4.99. The summed E-state index contributed by atoms with van der Waals surface area (Å²) < 4.78 is 10.8. The summed E-state index contributed by atoms with van der Waals surface area (Å²) in [7, 11) is 1.34. The first-order valence-corrected chi connectivity index (χ1v) is 9.76. The van der Waals surface area contributed by atoms with Crippen molar-refractivity contribution in [2.24, 2.45) is 0 Å². The number of hydrogen-bond acceptors (Lipinski definition) is 6. The molecule has 1 unspecified atom stereocenters. The van der Waals surface area contributed by atoms with Crippen LogP contribution in [0.1, 0.15) is 33.6 Å². The van der Waals surface area contributed by atoms with Crippen molar-refractivity contribution >= 4 is 11.9 Å². The van der Waals surface area contributed by atoms with Crippen LogP contribution in [0.3, 0.4) is 0 Å². The number of amides is 1. The summed E-state index contributed by atoms with van der Waals surface area (Å²) >= 11 is 0. The standard InChI is InChI=1S/C22H22N4O4/c1-29-22(28)16-6-4-7-17(14-16)30-18-8-5-13-25(15-18)21(27)19-9-2-3-10-20(19)26-23-11-12-24-26/h2-4,6-7,9-12,14,18H,5,8,13,15H2,1H3. The van der Waals surface area contributed by atoms with Crippen LogP contribution in [0.2, 0.25) is 0 Å². The van der Waals surface area contributed by atoms with E-state index >= 15 is 0 Å². The lowest BCUT2D eigenvalue weighted by Gasteiger charge is -2.33. The SMILES string of the molecule is COC(=O)c1cccc(OC2CCCN(C(=O)c3ccccc3-n3nccn3)C2)c1. The molecule has 1 aliphatic heterocycles. The minimum atomic E-state index is -0.412. The molecule has 30 heavy (non-hydrogen) atoms. The van der Waals surface area contributed by atoms with Crippen LogP contribution in [-0.4, -0.2) is 58.1 Å². The van der Waals surface area contributed by atoms with Crippen LogP contribution in [0.25, 0.3) is 5.69 Å². The van der Waals surface area contributed by atoms with E-state index in [1.165, 1.54) is 11.9 Å². The van der Waals surface area contributed by atoms with Gasteiger partial charge in [0.25, 0.3) is 5.91 Å². The molecule has 0 saturated carbocycles. The fraction of sp³-hybridized carbons (Fsp3) is 0.273. The molecule has 2 aromatic carbocycles. The molecule has 8 heteroatoms. The smallest absolute Gasteiger partial charge is 0.337 e. The zero-order valence-electron chi connectivity index (χ0n) is 16.6. The number of hydrogen-bond donors (Lipinski definition) is 0. The van der Waals surface area contributed by atoms with E-state index in [1.54, 1.807) is 47.6 Å². The molecular weight excluding hydrogens is 384 g/mol. The molecule has 8 nitrogen and oxygen atoms in total. The van der Waals surface area contributed by atoms with Crippen LogP contribution in [-0.2, 0) is 4.74 Å². The number of esters is 1. The third-order valence-electron chi connectivity index (χ3n) is 4.99. The Kier molecular flexibility index (Phi) is 5.74. The number of piperidine rings is 1. The lowest BCUT2D eigenvalue weighted by atomic mass is 10.1. The fourth-order valence-electron chi connectivity index (χ4n) is 3.56. The van der Waals surface area contributed by atoms with Gasteiger partial charge < -0.3 is 14.4 Å². The van der Waals surface area contributed by atoms with Gasteiger partial charge in [0.2, 0.25) is 0 Å². The molecule has 1 amide bonds. The molecule has 2 heterocycles. The Bertz CT molecular complexity index is 1040. The number of aromatic nitrogens is 3. The fourth-order valence-corrected chi connectivity index (χ4v) is 3.56. The van der Waals surface area contributed by atoms with Gasteiger partial charge in [0.1, 0.15) is 11.9 Å². The van der Waals surface area contributed by atoms with Crippen LogP contribution in [0.5, 0.6) is 5.75 Å². The highest BCUT2D eigenvalue weighted by atomic mass is 16.5. The number of likely N-dealkylation sites (tertiary alicyclic amines) is 1. The average Bonchev–Trinajstić information content (AvgIpc) is 3.33. The van der Waals surface area contributed by atoms with E-state index in [2.05, 4.69) is 10.2 Å². The Morgan fingerprint density at radius 1 is 1.07 bits per heavy atom. The van der Waals surface area contributed by atoms with Crippen LogP contribution in [0.15, 0.2) is 60.9 Å². The Labute approximate surface area is 174 Å². The lowest BCUT2D eigenvalue weighted by molar-refractivity contribution is 0.0537. The molecule has 1 aliphatic rings. The lowest BCUT2D eigenvalue weighted by Crippen LogP contribution is -2.44. The van der Waals surface area contributed by atoms with E-state index < -0.39 is 5.97 Å². The monoisotopic (exact) mass is 406 g/mol. The summed E-state index contributed by atoms with van der Waals surface area (Å²) in [5.74, 6) is 0.0857. The van der Waals surface area contributed by atoms with Crippen LogP contribution < -0.4 is 4.74 Å². The van der Waals surface area contributed by atoms with Gasteiger partial charge in [0, 0.05) is 6.54 Å². The second-order valence-corrected chi connectivity index (χ2v) is 6.99. The Morgan fingerprint density at radius 3 is 2.67 bits per heavy atom. The van der Waals surface area contributed by atoms with Crippen LogP contribution in [0, 0.1) is 0 Å². The van der Waals surface area contributed by atoms with E-state index in [0.29, 0.717) is 35.7 Å². The van der Waals surface area contributed by atoms with Gasteiger partial charge in [-0.1, -0.05) is 18.2 Å². The normalized spacial score (nSPS) is 16.2. The van der Waals surface area contributed by atoms with E-state index in [0.717, 1.165) is 12.8 Å². The summed E-state index contributed by atoms with van der Waals surface area (Å²) in [4.78, 5) is 28.2. The summed E-state index contributed by atoms with van der Waals surface area (Å²) in [6, 6.07) is 14.2. The maximum absolute atomic E-state index is 13.2. The number of para-hydroxylation sites is 1. The maximum Gasteiger partial charge on any atom is 0.337 e. The predicted molar refractivity (Wildman–Crippen MR) is 109 cm³/mol. The quantitative estimate of drug-likeness (QED) is 0.606. The van der Waals surface area contributed by atoms with Gasteiger partial charge in [0.05, 0.1) is 42.9 Å². The maximum atomic E-state index is 13.2. The van der Waals surface area contributed by atoms with E-state index in [1.807, 2.05) is 18.2 Å². The van der Waals surface area contributed by atoms with Crippen molar-refractivity contribution in [2.45, 2.75) is 18.9 Å². The van der Waals surface area contributed by atoms with E-state index in [-0.39, 0.29) is 12.0 Å². The number of benzene rings is 2. The first-order chi connectivity index (χ1) is 14.7. The van der Waals surface area contributed by atoms with Gasteiger partial charge in [-0.2, -0.15) is 15.0 Å². The van der Waals surface area contributed by atoms with Crippen molar-refractivity contribution in [1.82, 2.24) is 19.9 Å². The van der Waals surface area contributed by atoms with Gasteiger partial charge in [-0.3, -0.25) is 4.79 Å². The van der Waals surface area contributed by atoms with Gasteiger partial charge in [-0.05, 0) is 43.2 Å². The first-order valence-electron chi connectivity index (χ1n) is 9.76. The highest BCUT2D eigenvalue weighted by molar-refractivity contribution is 5.97. The Balaban J connectivity index is 1.49. The Hall–Kier alpha value is -3.68. The van der Waals surface area contributed by atoms with E-state index in [9.17, 15) is 9.59 Å². The van der Waals surface area contributed by atoms with Gasteiger partial charge in [-0.15, -0.1) is 0 Å². The summed E-state index contributed by atoms with van der Waals surface area (Å²) in [6.07, 6.45) is 4.65. The molecule has 0 N–H and O–H groups in total. The molecular formula is C22H22N4O4. The van der Waals surface area contributed by atoms with Crippen molar-refractivity contribution in [3.05, 3.63) is 72.1 Å². The topological polar surface area (TPSA) is 86.5 Å². The molecule has 3 aromatic rings. The van der Waals surface area contributed by atoms with Crippen LogP contribution >= 0.6 is 0 Å². The van der Waals surface area contributed by atoms with Crippen molar-refractivity contribution in [2.75, 3.05) is 20.2 Å². The molecule has 0 spiro atoms. The number of carbonyl (C=O) groups is 2. The van der Waals surface area contributed by atoms with Gasteiger partial charge >= 0.3 is 5.97 Å². The molecule has 1 atom stereocenters. The predicted octanol–water partition coefficient (Wildman–Crippen LogP) is 2.74. The number of methoxy groups -OCH3 is 1. The number of rotatable bonds is 5. The number of nitrogens with zero attached hydrogens (tertiary/aromatic N) is 4. The summed E-state index contributed by atoms with van der Waals surface area (Å²) in [6.45, 7) is 1.11. The van der Waals surface area contributed by atoms with Crippen molar-refractivity contribution in [3.8, 4) is 11.4 Å². The van der Waals surface area contributed by atoms with Crippen molar-refractivity contribution < 1.29 is 19.1 Å². The Morgan fingerprint density at radius 2 is 1.87 bits per heavy atom. The zero-order chi connectivity index (χ0) is 20.9. The second-order valence-electron chi connectivity index (χ2n) is 6.99. The first kappa shape index (κ1) is 19.6. The molecule has 0 radical (unpaired) electrons. The summed E-state index contributed by atoms with van der Waals surface area (Å²) in [5, 5.41) is 8.29. The zero-order valence-corrected chi connectivity index (χ0v) is 16.6. The highest BCUT2D eigenvalue weighted by Crippen LogP contribution is 2.22. The summed E-state index contributed by atoms with van der Waals surface area (Å²) in [5.41, 5.74) is 1.61. The minimum absolute atomic E-state index is 0.0838.